The highest BCUT2D eigenvalue weighted by Gasteiger charge is 2.33. The summed E-state index contributed by atoms with van der Waals surface area (Å²) in [5.74, 6) is 2.67. The van der Waals surface area contributed by atoms with E-state index >= 15 is 0 Å². The zero-order valence-electron chi connectivity index (χ0n) is 9.61. The van der Waals surface area contributed by atoms with E-state index in [2.05, 4.69) is 11.4 Å². The smallest absolute Gasteiger partial charge is 0.254 e. The van der Waals surface area contributed by atoms with Crippen LogP contribution in [-0.4, -0.2) is 5.91 Å². The maximum Gasteiger partial charge on any atom is 0.254 e. The van der Waals surface area contributed by atoms with Gasteiger partial charge in [0.2, 0.25) is 0 Å². The molecule has 0 aromatic carbocycles. The van der Waals surface area contributed by atoms with Crippen LogP contribution < -0.4 is 5.32 Å². The van der Waals surface area contributed by atoms with Gasteiger partial charge in [0, 0.05) is 11.8 Å². The lowest BCUT2D eigenvalue weighted by atomic mass is 9.75. The normalized spacial score (nSPS) is 40.1. The van der Waals surface area contributed by atoms with E-state index < -0.39 is 0 Å². The third-order valence-corrected chi connectivity index (χ3v) is 4.49. The molecule has 86 valence electrons. The van der Waals surface area contributed by atoms with Gasteiger partial charge in [0.25, 0.3) is 5.91 Å². The van der Waals surface area contributed by atoms with Gasteiger partial charge in [-0.3, -0.25) is 4.79 Å². The first-order valence-corrected chi connectivity index (χ1v) is 6.52. The Morgan fingerprint density at radius 1 is 1.19 bits per heavy atom. The summed E-state index contributed by atoms with van der Waals surface area (Å²) in [6.45, 7) is 0. The van der Waals surface area contributed by atoms with Crippen molar-refractivity contribution < 1.29 is 4.79 Å². The second-order valence-corrected chi connectivity index (χ2v) is 5.45. The van der Waals surface area contributed by atoms with Crippen LogP contribution in [-0.2, 0) is 4.79 Å². The predicted molar refractivity (Wildman–Crippen MR) is 63.5 cm³/mol. The topological polar surface area (TPSA) is 29.1 Å². The highest BCUT2D eigenvalue weighted by Crippen LogP contribution is 2.44. The van der Waals surface area contributed by atoms with Crippen molar-refractivity contribution in [3.05, 3.63) is 23.9 Å². The number of fused-ring (bicyclic) bond motifs is 1. The average molecular weight is 217 g/mol. The maximum atomic E-state index is 11.4. The molecule has 0 saturated heterocycles. The molecule has 2 fully saturated rings. The molecular formula is C14H19NO. The Bertz CT molecular complexity index is 356. The molecule has 1 heterocycles. The van der Waals surface area contributed by atoms with Crippen molar-refractivity contribution in [3.63, 3.8) is 0 Å². The number of carbonyl (C=O) groups excluding carboxylic acids is 1. The van der Waals surface area contributed by atoms with Crippen LogP contribution in [0.1, 0.15) is 38.5 Å². The minimum absolute atomic E-state index is 0.0774. The van der Waals surface area contributed by atoms with E-state index in [9.17, 15) is 4.79 Å². The van der Waals surface area contributed by atoms with Crippen LogP contribution in [0.3, 0.4) is 0 Å². The van der Waals surface area contributed by atoms with Crippen LogP contribution in [0.4, 0.5) is 0 Å². The minimum atomic E-state index is 0.0774. The van der Waals surface area contributed by atoms with Crippen LogP contribution in [0.2, 0.25) is 0 Å². The molecule has 3 atom stereocenters. The summed E-state index contributed by atoms with van der Waals surface area (Å²) >= 11 is 0. The van der Waals surface area contributed by atoms with E-state index in [0.717, 1.165) is 17.4 Å². The van der Waals surface area contributed by atoms with E-state index in [1.165, 1.54) is 38.5 Å². The summed E-state index contributed by atoms with van der Waals surface area (Å²) in [4.78, 5) is 11.4. The van der Waals surface area contributed by atoms with Gasteiger partial charge in [0.15, 0.2) is 0 Å². The van der Waals surface area contributed by atoms with Crippen LogP contribution in [0.25, 0.3) is 0 Å². The van der Waals surface area contributed by atoms with Gasteiger partial charge in [-0.1, -0.05) is 25.3 Å². The molecule has 0 aromatic heterocycles. The summed E-state index contributed by atoms with van der Waals surface area (Å²) in [5, 5.41) is 2.72. The molecule has 3 aliphatic rings. The van der Waals surface area contributed by atoms with Gasteiger partial charge < -0.3 is 5.32 Å². The molecule has 3 rings (SSSR count). The zero-order valence-corrected chi connectivity index (χ0v) is 9.61. The van der Waals surface area contributed by atoms with Crippen molar-refractivity contribution in [1.29, 1.82) is 0 Å². The number of rotatable bonds is 1. The van der Waals surface area contributed by atoms with Crippen molar-refractivity contribution >= 4 is 5.91 Å². The zero-order chi connectivity index (χ0) is 11.0. The summed E-state index contributed by atoms with van der Waals surface area (Å²) in [7, 11) is 0. The molecule has 0 spiro atoms. The Labute approximate surface area is 96.8 Å². The largest absolute Gasteiger partial charge is 0.329 e. The number of carbonyl (C=O) groups is 1. The fourth-order valence-electron chi connectivity index (χ4n) is 3.64. The van der Waals surface area contributed by atoms with Gasteiger partial charge in [-0.15, -0.1) is 0 Å². The summed E-state index contributed by atoms with van der Waals surface area (Å²) in [6.07, 6.45) is 14.1. The molecule has 1 aliphatic heterocycles. The van der Waals surface area contributed by atoms with Gasteiger partial charge in [-0.2, -0.15) is 0 Å². The fraction of sp³-hybridized carbons (Fsp3) is 0.643. The third-order valence-electron chi connectivity index (χ3n) is 4.49. The van der Waals surface area contributed by atoms with Gasteiger partial charge in [-0.25, -0.2) is 0 Å². The molecule has 1 N–H and O–H groups in total. The van der Waals surface area contributed by atoms with E-state index in [-0.39, 0.29) is 5.91 Å². The van der Waals surface area contributed by atoms with Crippen molar-refractivity contribution in [2.75, 3.05) is 0 Å². The second-order valence-electron chi connectivity index (χ2n) is 5.45. The van der Waals surface area contributed by atoms with Gasteiger partial charge in [0.1, 0.15) is 0 Å². The lowest BCUT2D eigenvalue weighted by molar-refractivity contribution is -0.115. The standard InChI is InChI=1S/C14H19NO/c16-14-13(6-7-15-14)9-10-4-5-11-2-1-3-12(11)8-10/h6-7,9-12H,1-5,8H2,(H,15,16)/b13-9+. The highest BCUT2D eigenvalue weighted by molar-refractivity contribution is 5.99. The third kappa shape index (κ3) is 1.81. The average Bonchev–Trinajstić information content (AvgIpc) is 2.88. The summed E-state index contributed by atoms with van der Waals surface area (Å²) in [6, 6.07) is 0. The summed E-state index contributed by atoms with van der Waals surface area (Å²) < 4.78 is 0. The molecule has 2 aliphatic carbocycles. The van der Waals surface area contributed by atoms with E-state index in [4.69, 9.17) is 0 Å². The number of amides is 1. The maximum absolute atomic E-state index is 11.4. The molecule has 2 saturated carbocycles. The first-order chi connectivity index (χ1) is 7.83. The second kappa shape index (κ2) is 4.08. The quantitative estimate of drug-likeness (QED) is 0.672. The molecule has 3 unspecified atom stereocenters. The van der Waals surface area contributed by atoms with Gasteiger partial charge in [-0.05, 0) is 43.1 Å². The monoisotopic (exact) mass is 217 g/mol. The highest BCUT2D eigenvalue weighted by atomic mass is 16.1. The van der Waals surface area contributed by atoms with Crippen molar-refractivity contribution in [1.82, 2.24) is 5.32 Å². The van der Waals surface area contributed by atoms with Crippen molar-refractivity contribution in [3.8, 4) is 0 Å². The predicted octanol–water partition coefficient (Wildman–Crippen LogP) is 2.77. The Hall–Kier alpha value is -1.05. The minimum Gasteiger partial charge on any atom is -0.329 e. The first kappa shape index (κ1) is 10.1. The van der Waals surface area contributed by atoms with Crippen LogP contribution in [0, 0.1) is 17.8 Å². The van der Waals surface area contributed by atoms with Crippen molar-refractivity contribution in [2.45, 2.75) is 38.5 Å². The molecule has 2 nitrogen and oxygen atoms in total. The fourth-order valence-corrected chi connectivity index (χ4v) is 3.64. The SMILES string of the molecule is O=C1NC=C/C1=C\C1CCC2CCCC2C1. The molecule has 0 bridgehead atoms. The van der Waals surface area contributed by atoms with Crippen molar-refractivity contribution in [2.24, 2.45) is 17.8 Å². The van der Waals surface area contributed by atoms with E-state index in [1.807, 2.05) is 6.08 Å². The Kier molecular flexibility index (Phi) is 2.58. The molecule has 16 heavy (non-hydrogen) atoms. The molecule has 1 amide bonds. The van der Waals surface area contributed by atoms with E-state index in [0.29, 0.717) is 5.92 Å². The van der Waals surface area contributed by atoms with Crippen LogP contribution in [0.5, 0.6) is 0 Å². The van der Waals surface area contributed by atoms with Gasteiger partial charge in [0.05, 0.1) is 0 Å². The number of allylic oxidation sites excluding steroid dienone is 1. The summed E-state index contributed by atoms with van der Waals surface area (Å²) in [5.41, 5.74) is 0.876. The number of hydrogen-bond donors (Lipinski definition) is 1. The lowest BCUT2D eigenvalue weighted by Gasteiger charge is -2.30. The first-order valence-electron chi connectivity index (χ1n) is 6.52. The van der Waals surface area contributed by atoms with Crippen LogP contribution in [0.15, 0.2) is 23.9 Å². The molecule has 0 radical (unpaired) electrons. The Morgan fingerprint density at radius 2 is 2.06 bits per heavy atom. The number of nitrogens with one attached hydrogen (secondary N) is 1. The molecular weight excluding hydrogens is 198 g/mol. The Morgan fingerprint density at radius 3 is 2.88 bits per heavy atom. The Balaban J connectivity index is 1.68. The van der Waals surface area contributed by atoms with E-state index in [1.54, 1.807) is 6.20 Å². The molecule has 0 aromatic rings. The van der Waals surface area contributed by atoms with Crippen LogP contribution >= 0.6 is 0 Å². The number of hydrogen-bond acceptors (Lipinski definition) is 1. The molecule has 2 heteroatoms. The van der Waals surface area contributed by atoms with Gasteiger partial charge >= 0.3 is 0 Å². The lowest BCUT2D eigenvalue weighted by Crippen LogP contribution is -2.20.